The van der Waals surface area contributed by atoms with Gasteiger partial charge in [0.2, 0.25) is 5.91 Å². The van der Waals surface area contributed by atoms with Crippen LogP contribution in [0.5, 0.6) is 11.5 Å². The van der Waals surface area contributed by atoms with Crippen molar-refractivity contribution in [2.45, 2.75) is 13.5 Å². The minimum Gasteiger partial charge on any atom is -0.490 e. The number of hydrogen-bond acceptors (Lipinski definition) is 6. The molecule has 1 amide bonds. The average molecular weight is 438 g/mol. The van der Waals surface area contributed by atoms with Crippen molar-refractivity contribution in [3.8, 4) is 11.5 Å². The fraction of sp³-hybridized carbons (Fsp3) is 0.211. The Kier molecular flexibility index (Phi) is 7.19. The van der Waals surface area contributed by atoms with Gasteiger partial charge in [0.25, 0.3) is 0 Å². The van der Waals surface area contributed by atoms with Gasteiger partial charge in [-0.15, -0.1) is 5.10 Å². The summed E-state index contributed by atoms with van der Waals surface area (Å²) in [6, 6.07) is 10.8. The largest absolute Gasteiger partial charge is 0.490 e. The zero-order valence-electron chi connectivity index (χ0n) is 14.9. The smallest absolute Gasteiger partial charge is 0.236 e. The standard InChI is InChI=1S/C19H17Cl2N3O3S/c1-2-26-17-8-12(9-22-24-19-23-18(25)11-28-19)4-6-16(17)27-10-13-3-5-14(20)15(21)7-13/h3-9H,2,10-11H2,1H3,(H,23,24,25). The molecular formula is C19H17Cl2N3O3S. The van der Waals surface area contributed by atoms with Crippen LogP contribution in [0.3, 0.4) is 0 Å². The summed E-state index contributed by atoms with van der Waals surface area (Å²) in [5.74, 6) is 1.51. The second-order valence-corrected chi connectivity index (χ2v) is 7.44. The molecule has 9 heteroatoms. The molecule has 28 heavy (non-hydrogen) atoms. The molecule has 1 fully saturated rings. The monoisotopic (exact) mass is 437 g/mol. The minimum atomic E-state index is -0.0685. The van der Waals surface area contributed by atoms with E-state index in [4.69, 9.17) is 32.7 Å². The minimum absolute atomic E-state index is 0.0685. The van der Waals surface area contributed by atoms with E-state index in [1.54, 1.807) is 18.3 Å². The summed E-state index contributed by atoms with van der Waals surface area (Å²) in [7, 11) is 0. The Hall–Kier alpha value is -2.22. The third-order valence-corrected chi connectivity index (χ3v) is 5.19. The molecule has 6 nitrogen and oxygen atoms in total. The lowest BCUT2D eigenvalue weighted by molar-refractivity contribution is -0.116. The van der Waals surface area contributed by atoms with Crippen LogP contribution >= 0.6 is 35.0 Å². The van der Waals surface area contributed by atoms with Gasteiger partial charge in [-0.05, 0) is 48.4 Å². The molecule has 1 N–H and O–H groups in total. The van der Waals surface area contributed by atoms with Gasteiger partial charge in [-0.25, -0.2) is 0 Å². The Morgan fingerprint density at radius 1 is 1.14 bits per heavy atom. The molecule has 0 spiro atoms. The van der Waals surface area contributed by atoms with E-state index in [0.29, 0.717) is 45.7 Å². The van der Waals surface area contributed by atoms with E-state index in [2.05, 4.69) is 15.5 Å². The van der Waals surface area contributed by atoms with Crippen LogP contribution in [0.1, 0.15) is 18.1 Å². The molecule has 2 aromatic rings. The number of nitrogens with one attached hydrogen (secondary N) is 1. The van der Waals surface area contributed by atoms with Crippen LogP contribution in [-0.4, -0.2) is 29.6 Å². The second kappa shape index (κ2) is 9.82. The number of benzene rings is 2. The van der Waals surface area contributed by atoms with Crippen LogP contribution in [0.15, 0.2) is 46.6 Å². The first-order chi connectivity index (χ1) is 13.5. The van der Waals surface area contributed by atoms with Gasteiger partial charge in [-0.3, -0.25) is 4.79 Å². The number of ether oxygens (including phenoxy) is 2. The van der Waals surface area contributed by atoms with Crippen molar-refractivity contribution >= 4 is 52.3 Å². The van der Waals surface area contributed by atoms with Gasteiger partial charge in [-0.2, -0.15) is 5.10 Å². The molecule has 0 aromatic heterocycles. The fourth-order valence-corrected chi connectivity index (χ4v) is 3.26. The third-order valence-electron chi connectivity index (χ3n) is 3.59. The molecule has 0 unspecified atom stereocenters. The number of rotatable bonds is 7. The summed E-state index contributed by atoms with van der Waals surface area (Å²) >= 11 is 13.3. The number of amides is 1. The van der Waals surface area contributed by atoms with E-state index in [-0.39, 0.29) is 5.91 Å². The summed E-state index contributed by atoms with van der Waals surface area (Å²) in [6.07, 6.45) is 1.59. The average Bonchev–Trinajstić information content (AvgIpc) is 3.09. The number of hydrogen-bond donors (Lipinski definition) is 1. The van der Waals surface area contributed by atoms with Crippen molar-refractivity contribution in [1.82, 2.24) is 5.32 Å². The maximum absolute atomic E-state index is 11.1. The van der Waals surface area contributed by atoms with Crippen LogP contribution in [0.25, 0.3) is 0 Å². The van der Waals surface area contributed by atoms with E-state index in [0.717, 1.165) is 11.1 Å². The number of thioether (sulfide) groups is 1. The Labute approximate surface area is 176 Å². The highest BCUT2D eigenvalue weighted by Gasteiger charge is 2.16. The molecule has 1 heterocycles. The molecule has 146 valence electrons. The van der Waals surface area contributed by atoms with Crippen LogP contribution in [-0.2, 0) is 11.4 Å². The predicted octanol–water partition coefficient (Wildman–Crippen LogP) is 4.52. The molecule has 2 aromatic carbocycles. The lowest BCUT2D eigenvalue weighted by Crippen LogP contribution is -2.19. The Bertz CT molecular complexity index is 935. The fourth-order valence-electron chi connectivity index (χ4n) is 2.31. The lowest BCUT2D eigenvalue weighted by atomic mass is 10.2. The van der Waals surface area contributed by atoms with E-state index in [1.807, 2.05) is 31.2 Å². The summed E-state index contributed by atoms with van der Waals surface area (Å²) in [4.78, 5) is 11.1. The summed E-state index contributed by atoms with van der Waals surface area (Å²) < 4.78 is 11.5. The Morgan fingerprint density at radius 2 is 2.00 bits per heavy atom. The number of amidine groups is 1. The van der Waals surface area contributed by atoms with Crippen LogP contribution in [0.4, 0.5) is 0 Å². The predicted molar refractivity (Wildman–Crippen MR) is 114 cm³/mol. The van der Waals surface area contributed by atoms with Gasteiger partial charge in [0.1, 0.15) is 6.61 Å². The van der Waals surface area contributed by atoms with E-state index >= 15 is 0 Å². The summed E-state index contributed by atoms with van der Waals surface area (Å²) in [5.41, 5.74) is 1.69. The number of nitrogens with zero attached hydrogens (tertiary/aromatic N) is 2. The zero-order valence-corrected chi connectivity index (χ0v) is 17.3. The first-order valence-corrected chi connectivity index (χ1v) is 10.2. The highest BCUT2D eigenvalue weighted by molar-refractivity contribution is 8.15. The molecule has 1 aliphatic rings. The van der Waals surface area contributed by atoms with Gasteiger partial charge >= 0.3 is 0 Å². The summed E-state index contributed by atoms with van der Waals surface area (Å²) in [5, 5.41) is 12.1. The highest BCUT2D eigenvalue weighted by atomic mass is 35.5. The normalized spacial score (nSPS) is 15.2. The van der Waals surface area contributed by atoms with Gasteiger partial charge < -0.3 is 14.8 Å². The molecule has 0 saturated carbocycles. The van der Waals surface area contributed by atoms with E-state index in [9.17, 15) is 4.79 Å². The van der Waals surface area contributed by atoms with Crippen molar-refractivity contribution in [2.24, 2.45) is 10.2 Å². The van der Waals surface area contributed by atoms with Crippen molar-refractivity contribution in [3.63, 3.8) is 0 Å². The first-order valence-electron chi connectivity index (χ1n) is 8.42. The maximum Gasteiger partial charge on any atom is 0.236 e. The molecular weight excluding hydrogens is 421 g/mol. The molecule has 0 aliphatic carbocycles. The highest BCUT2D eigenvalue weighted by Crippen LogP contribution is 2.30. The topological polar surface area (TPSA) is 72.3 Å². The van der Waals surface area contributed by atoms with Crippen LogP contribution < -0.4 is 14.8 Å². The molecule has 0 bridgehead atoms. The van der Waals surface area contributed by atoms with E-state index < -0.39 is 0 Å². The van der Waals surface area contributed by atoms with Crippen molar-refractivity contribution in [1.29, 1.82) is 0 Å². The van der Waals surface area contributed by atoms with Gasteiger partial charge in [-0.1, -0.05) is 41.0 Å². The molecule has 3 rings (SSSR count). The van der Waals surface area contributed by atoms with Crippen molar-refractivity contribution < 1.29 is 14.3 Å². The summed E-state index contributed by atoms with van der Waals surface area (Å²) in [6.45, 7) is 2.72. The van der Waals surface area contributed by atoms with Crippen LogP contribution in [0.2, 0.25) is 10.0 Å². The quantitative estimate of drug-likeness (QED) is 0.510. The molecule has 0 radical (unpaired) electrons. The first kappa shape index (κ1) is 20.5. The SMILES string of the molecule is CCOc1cc(C=NN=C2NC(=O)CS2)ccc1OCc1ccc(Cl)c(Cl)c1. The van der Waals surface area contributed by atoms with E-state index in [1.165, 1.54) is 11.8 Å². The molecule has 0 atom stereocenters. The molecule has 1 aliphatic heterocycles. The van der Waals surface area contributed by atoms with Gasteiger partial charge in [0.05, 0.1) is 28.6 Å². The van der Waals surface area contributed by atoms with Crippen LogP contribution in [0, 0.1) is 0 Å². The molecule has 1 saturated heterocycles. The lowest BCUT2D eigenvalue weighted by Gasteiger charge is -2.13. The Morgan fingerprint density at radius 3 is 2.71 bits per heavy atom. The Balaban J connectivity index is 1.69. The number of halogens is 2. The maximum atomic E-state index is 11.1. The second-order valence-electron chi connectivity index (χ2n) is 5.66. The third kappa shape index (κ3) is 5.64. The van der Waals surface area contributed by atoms with Crippen molar-refractivity contribution in [3.05, 3.63) is 57.6 Å². The van der Waals surface area contributed by atoms with Gasteiger partial charge in [0.15, 0.2) is 16.7 Å². The zero-order chi connectivity index (χ0) is 19.9. The number of carbonyl (C=O) groups is 1. The number of carbonyl (C=O) groups excluding carboxylic acids is 1. The van der Waals surface area contributed by atoms with Crippen molar-refractivity contribution in [2.75, 3.05) is 12.4 Å². The van der Waals surface area contributed by atoms with Gasteiger partial charge in [0, 0.05) is 0 Å².